The van der Waals surface area contributed by atoms with E-state index in [9.17, 15) is 8.78 Å². The minimum atomic E-state index is -2.84. The van der Waals surface area contributed by atoms with Gasteiger partial charge in [-0.05, 0) is 12.1 Å². The number of nitrogens with zero attached hydrogens (tertiary/aromatic N) is 1. The summed E-state index contributed by atoms with van der Waals surface area (Å²) in [5.74, 6) is -2.84. The Bertz CT molecular complexity index is 505. The van der Waals surface area contributed by atoms with Gasteiger partial charge in [0.25, 0.3) is 5.92 Å². The number of aromatic nitrogens is 1. The standard InChI is InChI=1S/C11H8ClF2N/c1-11(13,14)8-3-2-7-4-9(12)6-15-10(7)5-8/h2-6H,1H3. The van der Waals surface area contributed by atoms with Gasteiger partial charge in [0.15, 0.2) is 0 Å². The summed E-state index contributed by atoms with van der Waals surface area (Å²) in [7, 11) is 0. The molecular weight excluding hydrogens is 220 g/mol. The fourth-order valence-electron chi connectivity index (χ4n) is 1.37. The highest BCUT2D eigenvalue weighted by molar-refractivity contribution is 6.31. The van der Waals surface area contributed by atoms with Crippen LogP contribution in [0.3, 0.4) is 0 Å². The van der Waals surface area contributed by atoms with Gasteiger partial charge in [-0.3, -0.25) is 4.98 Å². The first kappa shape index (κ1) is 10.3. The lowest BCUT2D eigenvalue weighted by Crippen LogP contribution is -2.06. The topological polar surface area (TPSA) is 12.9 Å². The normalized spacial score (nSPS) is 12.0. The van der Waals surface area contributed by atoms with Crippen molar-refractivity contribution in [3.05, 3.63) is 41.0 Å². The van der Waals surface area contributed by atoms with Gasteiger partial charge in [-0.15, -0.1) is 0 Å². The number of benzene rings is 1. The summed E-state index contributed by atoms with van der Waals surface area (Å²) in [6.45, 7) is 0.865. The van der Waals surface area contributed by atoms with Crippen LogP contribution in [0.25, 0.3) is 10.9 Å². The Kier molecular flexibility index (Phi) is 2.35. The van der Waals surface area contributed by atoms with Gasteiger partial charge in [0.05, 0.1) is 10.5 Å². The quantitative estimate of drug-likeness (QED) is 0.718. The SMILES string of the molecule is CC(F)(F)c1ccc2cc(Cl)cnc2c1. The molecule has 0 atom stereocenters. The van der Waals surface area contributed by atoms with Gasteiger partial charge in [-0.1, -0.05) is 23.7 Å². The molecule has 4 heteroatoms. The van der Waals surface area contributed by atoms with Crippen LogP contribution in [0.1, 0.15) is 12.5 Å². The largest absolute Gasteiger partial charge is 0.270 e. The monoisotopic (exact) mass is 227 g/mol. The van der Waals surface area contributed by atoms with Crippen molar-refractivity contribution in [1.29, 1.82) is 0 Å². The summed E-state index contributed by atoms with van der Waals surface area (Å²) >= 11 is 5.74. The van der Waals surface area contributed by atoms with E-state index in [1.807, 2.05) is 0 Å². The van der Waals surface area contributed by atoms with E-state index in [0.717, 1.165) is 12.3 Å². The first-order valence-electron chi connectivity index (χ1n) is 4.40. The third kappa shape index (κ3) is 2.07. The second-order valence-electron chi connectivity index (χ2n) is 3.45. The lowest BCUT2D eigenvalue weighted by atomic mass is 10.1. The molecule has 0 saturated heterocycles. The maximum Gasteiger partial charge on any atom is 0.270 e. The van der Waals surface area contributed by atoms with Crippen molar-refractivity contribution in [3.63, 3.8) is 0 Å². The van der Waals surface area contributed by atoms with Crippen LogP contribution in [0.4, 0.5) is 8.78 Å². The molecule has 1 nitrogen and oxygen atoms in total. The molecule has 0 unspecified atom stereocenters. The highest BCUT2D eigenvalue weighted by Crippen LogP contribution is 2.29. The Morgan fingerprint density at radius 3 is 2.67 bits per heavy atom. The first-order valence-corrected chi connectivity index (χ1v) is 4.78. The highest BCUT2D eigenvalue weighted by atomic mass is 35.5. The van der Waals surface area contributed by atoms with E-state index in [1.165, 1.54) is 18.3 Å². The molecule has 2 aromatic rings. The summed E-state index contributed by atoms with van der Waals surface area (Å²) in [5.41, 5.74) is 0.489. The third-order valence-corrected chi connectivity index (χ3v) is 2.36. The van der Waals surface area contributed by atoms with Crippen molar-refractivity contribution < 1.29 is 8.78 Å². The second-order valence-corrected chi connectivity index (χ2v) is 3.89. The smallest absolute Gasteiger partial charge is 0.255 e. The van der Waals surface area contributed by atoms with E-state index < -0.39 is 5.92 Å². The maximum atomic E-state index is 13.0. The predicted molar refractivity (Wildman–Crippen MR) is 56.3 cm³/mol. The average molecular weight is 228 g/mol. The number of fused-ring (bicyclic) bond motifs is 1. The van der Waals surface area contributed by atoms with Gasteiger partial charge in [0.1, 0.15) is 0 Å². The second kappa shape index (κ2) is 3.42. The van der Waals surface area contributed by atoms with Crippen molar-refractivity contribution in [2.24, 2.45) is 0 Å². The molecule has 1 heterocycles. The van der Waals surface area contributed by atoms with E-state index in [0.29, 0.717) is 10.5 Å². The molecule has 78 valence electrons. The van der Waals surface area contributed by atoms with Gasteiger partial charge in [0.2, 0.25) is 0 Å². The Labute approximate surface area is 90.7 Å². The van der Waals surface area contributed by atoms with Crippen LogP contribution in [0.5, 0.6) is 0 Å². The fraction of sp³-hybridized carbons (Fsp3) is 0.182. The zero-order valence-corrected chi connectivity index (χ0v) is 8.72. The Hall–Kier alpha value is -1.22. The van der Waals surface area contributed by atoms with Crippen LogP contribution in [0.15, 0.2) is 30.5 Å². The third-order valence-electron chi connectivity index (χ3n) is 2.16. The molecule has 15 heavy (non-hydrogen) atoms. The molecule has 0 saturated carbocycles. The zero-order chi connectivity index (χ0) is 11.1. The maximum absolute atomic E-state index is 13.0. The lowest BCUT2D eigenvalue weighted by molar-refractivity contribution is 0.0176. The molecular formula is C11H8ClF2N. The first-order chi connectivity index (χ1) is 6.97. The number of hydrogen-bond donors (Lipinski definition) is 0. The van der Waals surface area contributed by atoms with Crippen molar-refractivity contribution in [2.45, 2.75) is 12.8 Å². The number of hydrogen-bond acceptors (Lipinski definition) is 1. The number of halogens is 3. The molecule has 0 bridgehead atoms. The predicted octanol–water partition coefficient (Wildman–Crippen LogP) is 4.00. The van der Waals surface area contributed by atoms with E-state index in [1.54, 1.807) is 12.1 Å². The molecule has 0 N–H and O–H groups in total. The fourth-order valence-corrected chi connectivity index (χ4v) is 1.53. The van der Waals surface area contributed by atoms with Crippen LogP contribution in [0, 0.1) is 0 Å². The minimum Gasteiger partial charge on any atom is -0.255 e. The van der Waals surface area contributed by atoms with E-state index >= 15 is 0 Å². The molecule has 0 amide bonds. The van der Waals surface area contributed by atoms with E-state index in [4.69, 9.17) is 11.6 Å². The molecule has 1 aromatic heterocycles. The van der Waals surface area contributed by atoms with Crippen LogP contribution >= 0.6 is 11.6 Å². The summed E-state index contributed by atoms with van der Waals surface area (Å²) < 4.78 is 26.0. The van der Waals surface area contributed by atoms with Gasteiger partial charge in [-0.25, -0.2) is 8.78 Å². The van der Waals surface area contributed by atoms with Gasteiger partial charge >= 0.3 is 0 Å². The Morgan fingerprint density at radius 2 is 2.00 bits per heavy atom. The Morgan fingerprint density at radius 1 is 1.27 bits per heavy atom. The summed E-state index contributed by atoms with van der Waals surface area (Å²) in [5, 5.41) is 1.26. The van der Waals surface area contributed by atoms with Gasteiger partial charge in [0, 0.05) is 24.1 Å². The number of pyridine rings is 1. The molecule has 0 aliphatic heterocycles. The number of alkyl halides is 2. The average Bonchev–Trinajstić information content (AvgIpc) is 2.15. The van der Waals surface area contributed by atoms with Crippen LogP contribution in [0.2, 0.25) is 5.02 Å². The van der Waals surface area contributed by atoms with Gasteiger partial charge in [-0.2, -0.15) is 0 Å². The van der Waals surface area contributed by atoms with Crippen LogP contribution in [-0.2, 0) is 5.92 Å². The summed E-state index contributed by atoms with van der Waals surface area (Å²) in [6, 6.07) is 6.06. The summed E-state index contributed by atoms with van der Waals surface area (Å²) in [4.78, 5) is 3.99. The Balaban J connectivity index is 2.62. The molecule has 0 radical (unpaired) electrons. The highest BCUT2D eigenvalue weighted by Gasteiger charge is 2.24. The van der Waals surface area contributed by atoms with Crippen molar-refractivity contribution in [2.75, 3.05) is 0 Å². The molecule has 0 fully saturated rings. The number of rotatable bonds is 1. The minimum absolute atomic E-state index is 0.0372. The zero-order valence-electron chi connectivity index (χ0n) is 7.97. The van der Waals surface area contributed by atoms with Crippen molar-refractivity contribution in [3.8, 4) is 0 Å². The molecule has 1 aromatic carbocycles. The van der Waals surface area contributed by atoms with Crippen LogP contribution in [-0.4, -0.2) is 4.98 Å². The van der Waals surface area contributed by atoms with Gasteiger partial charge < -0.3 is 0 Å². The van der Waals surface area contributed by atoms with Crippen molar-refractivity contribution >= 4 is 22.5 Å². The van der Waals surface area contributed by atoms with Crippen LogP contribution < -0.4 is 0 Å². The van der Waals surface area contributed by atoms with Crippen molar-refractivity contribution in [1.82, 2.24) is 4.98 Å². The molecule has 0 aliphatic carbocycles. The van der Waals surface area contributed by atoms with E-state index in [2.05, 4.69) is 4.98 Å². The molecule has 0 aliphatic rings. The lowest BCUT2D eigenvalue weighted by Gasteiger charge is -2.10. The molecule has 0 spiro atoms. The summed E-state index contributed by atoms with van der Waals surface area (Å²) in [6.07, 6.45) is 1.45. The van der Waals surface area contributed by atoms with E-state index in [-0.39, 0.29) is 5.56 Å². The molecule has 2 rings (SSSR count).